The first-order valence-electron chi connectivity index (χ1n) is 7.97. The molecule has 0 radical (unpaired) electrons. The topological polar surface area (TPSA) is 125 Å². The second-order valence-electron chi connectivity index (χ2n) is 5.69. The predicted octanol–water partition coefficient (Wildman–Crippen LogP) is 3.83. The molecule has 0 saturated heterocycles. The minimum absolute atomic E-state index is 0.00344. The number of hydrogen-bond donors (Lipinski definition) is 3. The average Bonchev–Trinajstić information content (AvgIpc) is 2.67. The molecule has 2 aromatic carbocycles. The van der Waals surface area contributed by atoms with Crippen LogP contribution in [0.25, 0.3) is 0 Å². The van der Waals surface area contributed by atoms with Crippen LogP contribution in [0.2, 0.25) is 10.0 Å². The number of anilines is 1. The lowest BCUT2D eigenvalue weighted by molar-refractivity contribution is -0.384. The predicted molar refractivity (Wildman–Crippen MR) is 104 cm³/mol. The van der Waals surface area contributed by atoms with Crippen molar-refractivity contribution in [3.05, 3.63) is 68.2 Å². The van der Waals surface area contributed by atoms with Gasteiger partial charge in [-0.05, 0) is 23.8 Å². The highest BCUT2D eigenvalue weighted by molar-refractivity contribution is 6.42. The number of carbonyl (C=O) groups is 2. The van der Waals surface area contributed by atoms with Gasteiger partial charge in [-0.1, -0.05) is 35.3 Å². The van der Waals surface area contributed by atoms with E-state index < -0.39 is 16.9 Å². The molecule has 3 N–H and O–H groups in total. The van der Waals surface area contributed by atoms with Crippen LogP contribution < -0.4 is 10.8 Å². The molecule has 0 bridgehead atoms. The Morgan fingerprint density at radius 3 is 2.36 bits per heavy atom. The molecule has 0 aliphatic heterocycles. The van der Waals surface area contributed by atoms with Gasteiger partial charge >= 0.3 is 6.03 Å². The number of nitrogens with zero attached hydrogens (tertiary/aromatic N) is 2. The molecule has 0 aliphatic carbocycles. The van der Waals surface area contributed by atoms with E-state index in [0.717, 1.165) is 0 Å². The zero-order valence-corrected chi connectivity index (χ0v) is 15.9. The number of hydroxylamine groups is 1. The lowest BCUT2D eigenvalue weighted by Gasteiger charge is -2.23. The molecule has 0 heterocycles. The first-order valence-corrected chi connectivity index (χ1v) is 8.73. The van der Waals surface area contributed by atoms with E-state index in [-0.39, 0.29) is 30.2 Å². The number of nitrogens with one attached hydrogen (secondary N) is 2. The van der Waals surface area contributed by atoms with Crippen LogP contribution in [0.5, 0.6) is 0 Å². The molecule has 9 nitrogen and oxygen atoms in total. The number of halogens is 2. The first kappa shape index (κ1) is 21.4. The van der Waals surface area contributed by atoms with Gasteiger partial charge in [-0.2, -0.15) is 0 Å². The van der Waals surface area contributed by atoms with Gasteiger partial charge in [-0.15, -0.1) is 0 Å². The van der Waals surface area contributed by atoms with Crippen LogP contribution in [0.3, 0.4) is 0 Å². The van der Waals surface area contributed by atoms with E-state index in [1.807, 2.05) is 0 Å². The van der Waals surface area contributed by atoms with Crippen molar-refractivity contribution in [1.82, 2.24) is 10.4 Å². The number of benzene rings is 2. The number of nitro groups is 1. The summed E-state index contributed by atoms with van der Waals surface area (Å²) in [6.45, 7) is 0.0837. The molecule has 0 spiro atoms. The van der Waals surface area contributed by atoms with Crippen molar-refractivity contribution in [3.63, 3.8) is 0 Å². The number of carbonyl (C=O) groups excluding carboxylic acids is 2. The Morgan fingerprint density at radius 2 is 1.79 bits per heavy atom. The van der Waals surface area contributed by atoms with Crippen LogP contribution in [0.4, 0.5) is 16.2 Å². The Hall–Kier alpha value is -2.88. The fraction of sp³-hybridized carbons (Fsp3) is 0.176. The van der Waals surface area contributed by atoms with Crippen LogP contribution >= 0.6 is 23.2 Å². The van der Waals surface area contributed by atoms with Crippen LogP contribution in [-0.4, -0.2) is 33.5 Å². The minimum Gasteiger partial charge on any atom is -0.320 e. The smallest absolute Gasteiger partial charge is 0.320 e. The van der Waals surface area contributed by atoms with Gasteiger partial charge in [0.1, 0.15) is 0 Å². The summed E-state index contributed by atoms with van der Waals surface area (Å²) in [4.78, 5) is 35.5. The maximum absolute atomic E-state index is 12.6. The van der Waals surface area contributed by atoms with Gasteiger partial charge in [-0.25, -0.2) is 10.3 Å². The van der Waals surface area contributed by atoms with E-state index in [9.17, 15) is 19.7 Å². The Morgan fingerprint density at radius 1 is 1.11 bits per heavy atom. The molecule has 0 fully saturated rings. The number of non-ortho nitro benzene ring substituents is 1. The number of rotatable bonds is 7. The van der Waals surface area contributed by atoms with Gasteiger partial charge in [0, 0.05) is 37.3 Å². The number of nitro benzene ring substituents is 1. The lowest BCUT2D eigenvalue weighted by atomic mass is 10.2. The molecule has 148 valence electrons. The third kappa shape index (κ3) is 6.08. The molecule has 2 rings (SSSR count). The molecule has 0 saturated carbocycles. The van der Waals surface area contributed by atoms with Gasteiger partial charge in [0.2, 0.25) is 5.91 Å². The van der Waals surface area contributed by atoms with Gasteiger partial charge in [0.25, 0.3) is 5.69 Å². The summed E-state index contributed by atoms with van der Waals surface area (Å²) in [6.07, 6.45) is -0.141. The molecule has 3 amide bonds. The van der Waals surface area contributed by atoms with Gasteiger partial charge < -0.3 is 10.2 Å². The van der Waals surface area contributed by atoms with Crippen molar-refractivity contribution in [1.29, 1.82) is 0 Å². The molecule has 28 heavy (non-hydrogen) atoms. The first-order chi connectivity index (χ1) is 13.3. The quantitative estimate of drug-likeness (QED) is 0.352. The molecule has 2 aromatic rings. The van der Waals surface area contributed by atoms with Crippen LogP contribution in [0, 0.1) is 10.1 Å². The lowest BCUT2D eigenvalue weighted by Crippen LogP contribution is -2.37. The average molecular weight is 427 g/mol. The van der Waals surface area contributed by atoms with Gasteiger partial charge in [-0.3, -0.25) is 20.1 Å². The molecule has 0 unspecified atom stereocenters. The van der Waals surface area contributed by atoms with Crippen LogP contribution in [0.15, 0.2) is 42.5 Å². The second kappa shape index (κ2) is 9.88. The third-order valence-electron chi connectivity index (χ3n) is 3.71. The normalized spacial score (nSPS) is 10.2. The zero-order valence-electron chi connectivity index (χ0n) is 14.4. The Bertz CT molecular complexity index is 876. The standard InChI is InChI=1S/C17H16Cl2N4O5/c18-14-6-3-12(9-15(14)19)20-17(25)22(8-7-16(24)21-26)10-11-1-4-13(5-2-11)23(27)28/h1-6,9,26H,7-8,10H2,(H,20,25)(H,21,24). The largest absolute Gasteiger partial charge is 0.322 e. The monoisotopic (exact) mass is 426 g/mol. The Balaban J connectivity index is 2.14. The molecular formula is C17H16Cl2N4O5. The maximum Gasteiger partial charge on any atom is 0.322 e. The summed E-state index contributed by atoms with van der Waals surface area (Å²) in [7, 11) is 0. The summed E-state index contributed by atoms with van der Waals surface area (Å²) >= 11 is 11.8. The van der Waals surface area contributed by atoms with Crippen molar-refractivity contribution < 1.29 is 19.7 Å². The number of urea groups is 1. The van der Waals surface area contributed by atoms with Crippen LogP contribution in [0.1, 0.15) is 12.0 Å². The Labute approximate surface area is 170 Å². The van der Waals surface area contributed by atoms with E-state index >= 15 is 0 Å². The maximum atomic E-state index is 12.6. The van der Waals surface area contributed by atoms with Crippen molar-refractivity contribution in [3.8, 4) is 0 Å². The second-order valence-corrected chi connectivity index (χ2v) is 6.50. The fourth-order valence-corrected chi connectivity index (χ4v) is 2.56. The van der Waals surface area contributed by atoms with Crippen molar-refractivity contribution >= 4 is 46.5 Å². The molecular weight excluding hydrogens is 411 g/mol. The molecule has 0 aromatic heterocycles. The van der Waals surface area contributed by atoms with Gasteiger partial charge in [0.15, 0.2) is 0 Å². The minimum atomic E-state index is -0.656. The van der Waals surface area contributed by atoms with E-state index in [4.69, 9.17) is 28.4 Å². The Kier molecular flexibility index (Phi) is 7.56. The number of amides is 3. The summed E-state index contributed by atoms with van der Waals surface area (Å²) in [6, 6.07) is 9.73. The summed E-state index contributed by atoms with van der Waals surface area (Å²) in [5, 5.41) is 22.6. The highest BCUT2D eigenvalue weighted by atomic mass is 35.5. The van der Waals surface area contributed by atoms with E-state index in [1.54, 1.807) is 6.07 Å². The highest BCUT2D eigenvalue weighted by Gasteiger charge is 2.17. The summed E-state index contributed by atoms with van der Waals surface area (Å²) < 4.78 is 0. The van der Waals surface area contributed by atoms with Gasteiger partial charge in [0.05, 0.1) is 15.0 Å². The van der Waals surface area contributed by atoms with E-state index in [1.165, 1.54) is 46.8 Å². The molecule has 0 aliphatic rings. The summed E-state index contributed by atoms with van der Waals surface area (Å²) in [5.74, 6) is -0.656. The molecule has 11 heteroatoms. The molecule has 0 atom stereocenters. The van der Waals surface area contributed by atoms with E-state index in [0.29, 0.717) is 16.3 Å². The van der Waals surface area contributed by atoms with Crippen molar-refractivity contribution in [2.75, 3.05) is 11.9 Å². The summed E-state index contributed by atoms with van der Waals surface area (Å²) in [5.41, 5.74) is 2.46. The van der Waals surface area contributed by atoms with Crippen LogP contribution in [-0.2, 0) is 11.3 Å². The SMILES string of the molecule is O=C(CCN(Cc1ccc([N+](=O)[O-])cc1)C(=O)Nc1ccc(Cl)c(Cl)c1)NO. The highest BCUT2D eigenvalue weighted by Crippen LogP contribution is 2.25. The van der Waals surface area contributed by atoms with Crippen molar-refractivity contribution in [2.45, 2.75) is 13.0 Å². The zero-order chi connectivity index (χ0) is 20.7. The van der Waals surface area contributed by atoms with Crippen molar-refractivity contribution in [2.24, 2.45) is 0 Å². The van der Waals surface area contributed by atoms with E-state index in [2.05, 4.69) is 5.32 Å². The fourth-order valence-electron chi connectivity index (χ4n) is 2.26. The third-order valence-corrected chi connectivity index (χ3v) is 4.45. The number of hydrogen-bond acceptors (Lipinski definition) is 5.